The van der Waals surface area contributed by atoms with Crippen molar-refractivity contribution in [2.24, 2.45) is 5.92 Å². The zero-order valence-corrected chi connectivity index (χ0v) is 15.8. The smallest absolute Gasteiger partial charge is 0.251 e. The van der Waals surface area contributed by atoms with Gasteiger partial charge < -0.3 is 15.2 Å². The van der Waals surface area contributed by atoms with Crippen LogP contribution < -0.4 is 11.3 Å². The van der Waals surface area contributed by atoms with Gasteiger partial charge in [-0.1, -0.05) is 18.2 Å². The number of piperidine rings is 1. The lowest BCUT2D eigenvalue weighted by Crippen LogP contribution is -2.48. The Bertz CT molecular complexity index is 1170. The van der Waals surface area contributed by atoms with Crippen LogP contribution in [0.15, 0.2) is 47.4 Å². The van der Waals surface area contributed by atoms with Crippen molar-refractivity contribution in [1.29, 1.82) is 0 Å². The second-order valence-corrected chi connectivity index (χ2v) is 7.94. The summed E-state index contributed by atoms with van der Waals surface area (Å²) >= 11 is 0. The molecule has 2 aromatic heterocycles. The Morgan fingerprint density at radius 2 is 2.04 bits per heavy atom. The Balaban J connectivity index is 1.66. The average molecular weight is 374 g/mol. The van der Waals surface area contributed by atoms with E-state index in [1.807, 2.05) is 27.7 Å². The summed E-state index contributed by atoms with van der Waals surface area (Å²) in [6.07, 6.45) is 2.72. The number of nitrogens with zero attached hydrogens (tertiary/aromatic N) is 3. The van der Waals surface area contributed by atoms with Crippen LogP contribution in [0.25, 0.3) is 22.0 Å². The van der Waals surface area contributed by atoms with E-state index < -0.39 is 0 Å². The number of aromatic nitrogens is 2. The third kappa shape index (κ3) is 2.59. The van der Waals surface area contributed by atoms with Crippen LogP contribution in [0.4, 0.5) is 5.69 Å². The first kappa shape index (κ1) is 17.0. The summed E-state index contributed by atoms with van der Waals surface area (Å²) in [5.74, 6) is 0.644. The van der Waals surface area contributed by atoms with Gasteiger partial charge in [-0.3, -0.25) is 14.6 Å². The van der Waals surface area contributed by atoms with Gasteiger partial charge in [0.05, 0.1) is 5.52 Å². The Labute approximate surface area is 162 Å². The van der Waals surface area contributed by atoms with Crippen molar-refractivity contribution in [3.05, 3.63) is 58.6 Å². The van der Waals surface area contributed by atoms with Gasteiger partial charge in [0.1, 0.15) is 0 Å². The van der Waals surface area contributed by atoms with Crippen molar-refractivity contribution in [1.82, 2.24) is 14.5 Å². The lowest BCUT2D eigenvalue weighted by atomic mass is 9.82. The zero-order valence-electron chi connectivity index (χ0n) is 15.8. The Morgan fingerprint density at radius 3 is 2.86 bits per heavy atom. The number of hydrogen-bond donors (Lipinski definition) is 1. The van der Waals surface area contributed by atoms with Crippen LogP contribution in [0.2, 0.25) is 0 Å². The molecule has 1 amide bonds. The molecular formula is C22H22N4O2. The number of nitrogens with two attached hydrogens (primary N) is 1. The molecule has 0 unspecified atom stereocenters. The molecule has 0 radical (unpaired) electrons. The molecule has 1 saturated heterocycles. The normalized spacial score (nSPS) is 20.8. The number of pyridine rings is 2. The minimum Gasteiger partial charge on any atom is -0.398 e. The van der Waals surface area contributed by atoms with Gasteiger partial charge in [-0.05, 0) is 30.0 Å². The maximum absolute atomic E-state index is 12.9. The second kappa shape index (κ2) is 6.19. The van der Waals surface area contributed by atoms with Gasteiger partial charge in [-0.25, -0.2) is 0 Å². The van der Waals surface area contributed by atoms with E-state index in [-0.39, 0.29) is 17.4 Å². The summed E-state index contributed by atoms with van der Waals surface area (Å²) in [7, 11) is 0. The van der Waals surface area contributed by atoms with Gasteiger partial charge in [0, 0.05) is 67.1 Å². The van der Waals surface area contributed by atoms with E-state index in [4.69, 9.17) is 5.73 Å². The van der Waals surface area contributed by atoms with Crippen molar-refractivity contribution >= 4 is 22.5 Å². The van der Waals surface area contributed by atoms with Crippen LogP contribution >= 0.6 is 0 Å². The van der Waals surface area contributed by atoms with E-state index in [9.17, 15) is 9.59 Å². The molecule has 0 aliphatic carbocycles. The van der Waals surface area contributed by atoms with Gasteiger partial charge in [0.2, 0.25) is 5.91 Å². The Kier molecular flexibility index (Phi) is 3.75. The first-order valence-electron chi connectivity index (χ1n) is 9.65. The highest BCUT2D eigenvalue weighted by Crippen LogP contribution is 2.37. The van der Waals surface area contributed by atoms with Crippen LogP contribution in [-0.2, 0) is 11.3 Å². The summed E-state index contributed by atoms with van der Waals surface area (Å²) in [6, 6.07) is 11.5. The molecule has 0 saturated carbocycles. The van der Waals surface area contributed by atoms with E-state index in [1.54, 1.807) is 25.3 Å². The van der Waals surface area contributed by atoms with E-state index in [2.05, 4.69) is 11.1 Å². The number of benzene rings is 1. The summed E-state index contributed by atoms with van der Waals surface area (Å²) in [5.41, 5.74) is 10.4. The summed E-state index contributed by atoms with van der Waals surface area (Å²) in [6.45, 7) is 3.72. The fourth-order valence-corrected chi connectivity index (χ4v) is 4.80. The molecular weight excluding hydrogens is 352 g/mol. The average Bonchev–Trinajstić information content (AvgIpc) is 2.68. The maximum Gasteiger partial charge on any atom is 0.251 e. The number of nitrogen functional groups attached to an aromatic ring is 1. The number of carbonyl (C=O) groups is 1. The van der Waals surface area contributed by atoms with E-state index in [0.29, 0.717) is 24.7 Å². The lowest BCUT2D eigenvalue weighted by Gasteiger charge is -2.42. The van der Waals surface area contributed by atoms with Crippen molar-refractivity contribution < 1.29 is 4.79 Å². The third-order valence-electron chi connectivity index (χ3n) is 6.12. The van der Waals surface area contributed by atoms with Crippen LogP contribution in [0, 0.1) is 5.92 Å². The summed E-state index contributed by atoms with van der Waals surface area (Å²) < 4.78 is 1.90. The first-order valence-corrected chi connectivity index (χ1v) is 9.65. The molecule has 2 atom stereocenters. The van der Waals surface area contributed by atoms with Gasteiger partial charge in [0.15, 0.2) is 0 Å². The highest BCUT2D eigenvalue weighted by molar-refractivity contribution is 5.99. The molecule has 4 heterocycles. The fourth-order valence-electron chi connectivity index (χ4n) is 4.80. The monoisotopic (exact) mass is 374 g/mol. The predicted octanol–water partition coefficient (Wildman–Crippen LogP) is 2.61. The Hall–Kier alpha value is -3.15. The molecule has 28 heavy (non-hydrogen) atoms. The first-order chi connectivity index (χ1) is 13.5. The van der Waals surface area contributed by atoms with Crippen molar-refractivity contribution in [3.8, 4) is 11.1 Å². The molecule has 0 spiro atoms. The number of carbonyl (C=O) groups excluding carboxylic acids is 1. The van der Waals surface area contributed by atoms with Crippen molar-refractivity contribution in [2.75, 3.05) is 18.8 Å². The number of amides is 1. The fraction of sp³-hybridized carbons (Fsp3) is 0.318. The van der Waals surface area contributed by atoms with Gasteiger partial charge in [-0.15, -0.1) is 0 Å². The zero-order chi connectivity index (χ0) is 19.4. The molecule has 2 aliphatic heterocycles. The van der Waals surface area contributed by atoms with Crippen LogP contribution in [0.1, 0.15) is 25.0 Å². The molecule has 6 nitrogen and oxygen atoms in total. The molecule has 142 valence electrons. The highest BCUT2D eigenvalue weighted by Gasteiger charge is 2.35. The number of anilines is 1. The molecule has 2 N–H and O–H groups in total. The van der Waals surface area contributed by atoms with Crippen molar-refractivity contribution in [3.63, 3.8) is 0 Å². The minimum absolute atomic E-state index is 0.0133. The molecule has 6 heteroatoms. The maximum atomic E-state index is 12.9. The van der Waals surface area contributed by atoms with E-state index in [1.165, 1.54) is 0 Å². The minimum atomic E-state index is 0.0133. The number of fused-ring (bicyclic) bond motifs is 5. The summed E-state index contributed by atoms with van der Waals surface area (Å²) in [4.78, 5) is 31.3. The molecule has 2 aliphatic rings. The number of para-hydroxylation sites is 1. The van der Waals surface area contributed by atoms with Crippen LogP contribution in [-0.4, -0.2) is 33.4 Å². The van der Waals surface area contributed by atoms with Gasteiger partial charge in [0.25, 0.3) is 5.56 Å². The van der Waals surface area contributed by atoms with E-state index >= 15 is 0 Å². The van der Waals surface area contributed by atoms with Crippen molar-refractivity contribution in [2.45, 2.75) is 25.8 Å². The SMILES string of the molecule is CC(=O)N1C[C@@H]2C[C@H](C1)c1cc(-c3cccc4c(N)ccnc34)cc(=O)n1C2. The second-order valence-electron chi connectivity index (χ2n) is 7.94. The van der Waals surface area contributed by atoms with Crippen LogP contribution in [0.5, 0.6) is 0 Å². The topological polar surface area (TPSA) is 81.2 Å². The molecule has 1 aromatic carbocycles. The largest absolute Gasteiger partial charge is 0.398 e. The quantitative estimate of drug-likeness (QED) is 0.710. The summed E-state index contributed by atoms with van der Waals surface area (Å²) in [5, 5.41) is 0.887. The standard InChI is InChI=1S/C22H22N4O2/c1-13(27)25-10-14-7-16(12-25)20-8-15(9-21(28)26(20)11-14)17-3-2-4-18-19(23)5-6-24-22(17)18/h2-6,8-9,14,16H,7,10-12H2,1H3,(H2,23,24)/t14-,16+/m0/s1. The highest BCUT2D eigenvalue weighted by atomic mass is 16.2. The number of rotatable bonds is 1. The number of hydrogen-bond acceptors (Lipinski definition) is 4. The van der Waals surface area contributed by atoms with Crippen LogP contribution in [0.3, 0.4) is 0 Å². The lowest BCUT2D eigenvalue weighted by molar-refractivity contribution is -0.131. The van der Waals surface area contributed by atoms with Gasteiger partial charge >= 0.3 is 0 Å². The molecule has 3 aromatic rings. The Morgan fingerprint density at radius 1 is 1.18 bits per heavy atom. The number of likely N-dealkylation sites (tertiary alicyclic amines) is 1. The molecule has 5 rings (SSSR count). The molecule has 2 bridgehead atoms. The van der Waals surface area contributed by atoms with E-state index in [0.717, 1.165) is 40.7 Å². The predicted molar refractivity (Wildman–Crippen MR) is 109 cm³/mol. The van der Waals surface area contributed by atoms with Gasteiger partial charge in [-0.2, -0.15) is 0 Å². The molecule has 1 fully saturated rings. The third-order valence-corrected chi connectivity index (χ3v) is 6.12.